The van der Waals surface area contributed by atoms with Crippen LogP contribution in [0.3, 0.4) is 0 Å². The number of aryl methyl sites for hydroxylation is 1. The monoisotopic (exact) mass is 289 g/mol. The van der Waals surface area contributed by atoms with Crippen molar-refractivity contribution in [3.8, 4) is 5.75 Å². The lowest BCUT2D eigenvalue weighted by molar-refractivity contribution is 0.475. The topological polar surface area (TPSA) is 74.0 Å². The minimum absolute atomic E-state index is 0.150. The molecule has 1 aromatic heterocycles. The molecule has 2 aromatic rings. The summed E-state index contributed by atoms with van der Waals surface area (Å²) >= 11 is 1.31. The van der Waals surface area contributed by atoms with E-state index in [1.807, 2.05) is 6.07 Å². The molecule has 0 radical (unpaired) electrons. The van der Waals surface area contributed by atoms with E-state index < -0.39 is 0 Å². The van der Waals surface area contributed by atoms with Gasteiger partial charge >= 0.3 is 0 Å². The first-order chi connectivity index (χ1) is 9.78. The molecule has 0 bridgehead atoms. The van der Waals surface area contributed by atoms with Crippen LogP contribution in [0.4, 0.5) is 16.5 Å². The number of hydrogen-bond acceptors (Lipinski definition) is 7. The molecule has 7 heteroatoms. The van der Waals surface area contributed by atoms with Crippen LogP contribution >= 0.6 is 11.3 Å². The van der Waals surface area contributed by atoms with Crippen molar-refractivity contribution < 1.29 is 5.11 Å². The Bertz CT molecular complexity index is 626. The summed E-state index contributed by atoms with van der Waals surface area (Å²) in [6.45, 7) is 4.10. The molecule has 0 saturated carbocycles. The van der Waals surface area contributed by atoms with Gasteiger partial charge in [0.05, 0.1) is 0 Å². The fraction of sp³-hybridized carbons (Fsp3) is 0.385. The van der Waals surface area contributed by atoms with Crippen molar-refractivity contribution in [2.45, 2.75) is 19.8 Å². The van der Waals surface area contributed by atoms with Crippen molar-refractivity contribution in [2.24, 2.45) is 10.2 Å². The lowest BCUT2D eigenvalue weighted by Gasteiger charge is -2.30. The van der Waals surface area contributed by atoms with E-state index in [4.69, 9.17) is 0 Å². The average molecular weight is 289 g/mol. The highest BCUT2D eigenvalue weighted by atomic mass is 32.1. The molecule has 0 saturated heterocycles. The first-order valence-corrected chi connectivity index (χ1v) is 7.44. The molecule has 1 aliphatic rings. The number of fused-ring (bicyclic) bond motifs is 1. The van der Waals surface area contributed by atoms with E-state index in [-0.39, 0.29) is 5.75 Å². The first kappa shape index (κ1) is 13.0. The van der Waals surface area contributed by atoms with E-state index >= 15 is 0 Å². The van der Waals surface area contributed by atoms with Gasteiger partial charge in [0, 0.05) is 24.8 Å². The summed E-state index contributed by atoms with van der Waals surface area (Å²) in [5.41, 5.74) is 4.39. The van der Waals surface area contributed by atoms with Crippen LogP contribution in [0.1, 0.15) is 18.9 Å². The van der Waals surface area contributed by atoms with Gasteiger partial charge in [-0.3, -0.25) is 0 Å². The van der Waals surface area contributed by atoms with Crippen LogP contribution in [0.25, 0.3) is 0 Å². The Kier molecular flexibility index (Phi) is 3.60. The van der Waals surface area contributed by atoms with E-state index in [0.29, 0.717) is 10.8 Å². The number of rotatable bonds is 3. The normalized spacial score (nSPS) is 14.8. The molecule has 2 heterocycles. The predicted octanol–water partition coefficient (Wildman–Crippen LogP) is 3.43. The van der Waals surface area contributed by atoms with Crippen LogP contribution in [-0.4, -0.2) is 28.4 Å². The molecular weight excluding hydrogens is 274 g/mol. The van der Waals surface area contributed by atoms with Gasteiger partial charge in [0.1, 0.15) is 16.9 Å². The van der Waals surface area contributed by atoms with E-state index in [9.17, 15) is 5.11 Å². The molecule has 0 spiro atoms. The lowest BCUT2D eigenvalue weighted by atomic mass is 10.0. The zero-order valence-corrected chi connectivity index (χ0v) is 12.0. The Morgan fingerprint density at radius 1 is 1.40 bits per heavy atom. The summed E-state index contributed by atoms with van der Waals surface area (Å²) in [7, 11) is 0. The van der Waals surface area contributed by atoms with Crippen LogP contribution in [0, 0.1) is 0 Å². The third-order valence-electron chi connectivity index (χ3n) is 3.36. The highest BCUT2D eigenvalue weighted by Crippen LogP contribution is 2.38. The second-order valence-electron chi connectivity index (χ2n) is 4.57. The summed E-state index contributed by atoms with van der Waals surface area (Å²) in [5.74, 6) is 0.150. The third kappa shape index (κ3) is 2.49. The number of azo groups is 1. The van der Waals surface area contributed by atoms with E-state index in [1.54, 1.807) is 11.6 Å². The highest BCUT2D eigenvalue weighted by molar-refractivity contribution is 7.13. The molecule has 1 aliphatic heterocycles. The number of aromatic nitrogens is 2. The van der Waals surface area contributed by atoms with Gasteiger partial charge in [-0.25, -0.2) is 0 Å². The average Bonchev–Trinajstić information content (AvgIpc) is 2.98. The van der Waals surface area contributed by atoms with E-state index in [2.05, 4.69) is 32.2 Å². The van der Waals surface area contributed by atoms with E-state index in [1.165, 1.54) is 16.9 Å². The Balaban J connectivity index is 1.93. The summed E-state index contributed by atoms with van der Waals surface area (Å²) in [5, 5.41) is 26.1. The lowest BCUT2D eigenvalue weighted by Crippen LogP contribution is -2.28. The minimum atomic E-state index is 0.150. The molecule has 20 heavy (non-hydrogen) atoms. The SMILES string of the molecule is CCN1CCCc2cc(N=Nc3nncs3)c(O)cc21. The maximum absolute atomic E-state index is 10.1. The van der Waals surface area contributed by atoms with E-state index in [0.717, 1.165) is 31.6 Å². The molecule has 6 nitrogen and oxygen atoms in total. The second kappa shape index (κ2) is 5.54. The van der Waals surface area contributed by atoms with Crippen LogP contribution in [0.5, 0.6) is 5.75 Å². The number of aromatic hydroxyl groups is 1. The van der Waals surface area contributed by atoms with Gasteiger partial charge in [-0.05, 0) is 31.4 Å². The van der Waals surface area contributed by atoms with Crippen molar-refractivity contribution in [3.05, 3.63) is 23.2 Å². The van der Waals surface area contributed by atoms with Crippen molar-refractivity contribution in [1.29, 1.82) is 0 Å². The maximum Gasteiger partial charge on any atom is 0.251 e. The number of anilines is 1. The second-order valence-corrected chi connectivity index (χ2v) is 5.39. The van der Waals surface area contributed by atoms with Crippen LogP contribution in [0.15, 0.2) is 27.9 Å². The van der Waals surface area contributed by atoms with Crippen molar-refractivity contribution in [1.82, 2.24) is 10.2 Å². The summed E-state index contributed by atoms with van der Waals surface area (Å²) < 4.78 is 0. The number of hydrogen-bond donors (Lipinski definition) is 1. The fourth-order valence-corrected chi connectivity index (χ4v) is 2.77. The largest absolute Gasteiger partial charge is 0.506 e. The van der Waals surface area contributed by atoms with Gasteiger partial charge in [0.25, 0.3) is 5.13 Å². The van der Waals surface area contributed by atoms with Gasteiger partial charge in [0.15, 0.2) is 0 Å². The summed E-state index contributed by atoms with van der Waals surface area (Å²) in [6.07, 6.45) is 2.13. The van der Waals surface area contributed by atoms with Gasteiger partial charge in [-0.2, -0.15) is 0 Å². The molecule has 1 N–H and O–H groups in total. The molecule has 0 fully saturated rings. The summed E-state index contributed by atoms with van der Waals surface area (Å²) in [4.78, 5) is 2.27. The summed E-state index contributed by atoms with van der Waals surface area (Å²) in [6, 6.07) is 3.70. The Morgan fingerprint density at radius 3 is 3.05 bits per heavy atom. The van der Waals surface area contributed by atoms with Gasteiger partial charge < -0.3 is 10.0 Å². The van der Waals surface area contributed by atoms with Gasteiger partial charge in [0.2, 0.25) is 0 Å². The molecular formula is C13H15N5OS. The molecule has 0 unspecified atom stereocenters. The minimum Gasteiger partial charge on any atom is -0.506 e. The molecule has 3 rings (SSSR count). The van der Waals surface area contributed by atoms with Crippen molar-refractivity contribution in [2.75, 3.05) is 18.0 Å². The number of benzene rings is 1. The predicted molar refractivity (Wildman–Crippen MR) is 78.4 cm³/mol. The standard InChI is InChI=1S/C13H15N5OS/c1-2-18-5-3-4-9-6-10(12(19)7-11(9)18)15-17-13-16-14-8-20-13/h6-8,19H,2-5H2,1H3. The Morgan fingerprint density at radius 2 is 2.30 bits per heavy atom. The van der Waals surface area contributed by atoms with Crippen LogP contribution in [-0.2, 0) is 6.42 Å². The van der Waals surface area contributed by atoms with Crippen LogP contribution in [0.2, 0.25) is 0 Å². The molecule has 1 aromatic carbocycles. The number of phenols is 1. The van der Waals surface area contributed by atoms with Gasteiger partial charge in [-0.1, -0.05) is 11.3 Å². The first-order valence-electron chi connectivity index (χ1n) is 6.56. The molecule has 0 aliphatic carbocycles. The number of nitrogens with zero attached hydrogens (tertiary/aromatic N) is 5. The smallest absolute Gasteiger partial charge is 0.251 e. The Hall–Kier alpha value is -2.02. The fourth-order valence-electron chi connectivity index (χ4n) is 2.40. The molecule has 0 amide bonds. The zero-order chi connectivity index (χ0) is 13.9. The van der Waals surface area contributed by atoms with Crippen molar-refractivity contribution >= 4 is 27.8 Å². The molecule has 104 valence electrons. The van der Waals surface area contributed by atoms with Crippen molar-refractivity contribution in [3.63, 3.8) is 0 Å². The number of phenolic OH excluding ortho intramolecular Hbond substituents is 1. The maximum atomic E-state index is 10.1. The quantitative estimate of drug-likeness (QED) is 0.878. The molecule has 0 atom stereocenters. The third-order valence-corrected chi connectivity index (χ3v) is 3.94. The Labute approximate surface area is 120 Å². The zero-order valence-electron chi connectivity index (χ0n) is 11.2. The van der Waals surface area contributed by atoms with Crippen LogP contribution < -0.4 is 4.90 Å². The highest BCUT2D eigenvalue weighted by Gasteiger charge is 2.18. The van der Waals surface area contributed by atoms with Gasteiger partial charge in [-0.15, -0.1) is 20.4 Å².